The van der Waals surface area contributed by atoms with E-state index in [-0.39, 0.29) is 48.5 Å². The third-order valence-corrected chi connectivity index (χ3v) is 15.7. The smallest absolute Gasteiger partial charge is 0.235 e. The van der Waals surface area contributed by atoms with Crippen molar-refractivity contribution in [1.29, 1.82) is 0 Å². The molecule has 68 heavy (non-hydrogen) atoms. The average molecular weight is 932 g/mol. The van der Waals surface area contributed by atoms with Crippen LogP contribution in [0.2, 0.25) is 0 Å². The van der Waals surface area contributed by atoms with Crippen LogP contribution in [0.4, 0.5) is 0 Å². The van der Waals surface area contributed by atoms with Gasteiger partial charge in [-0.05, 0) is 112 Å². The normalized spacial score (nSPS) is 33.8. The van der Waals surface area contributed by atoms with Gasteiger partial charge in [-0.25, -0.2) is 0 Å². The number of Topliss-reactive ketones (excluding diaryl/α,β-unsaturated/α-hetero) is 7. The maximum atomic E-state index is 14.1. The number of hydrogen-bond donors (Lipinski definition) is 7. The van der Waals surface area contributed by atoms with Crippen molar-refractivity contribution in [3.8, 4) is 35.2 Å². The largest absolute Gasteiger partial charge is 0.507 e. The van der Waals surface area contributed by atoms with E-state index < -0.39 is 135 Å². The molecule has 2 aromatic rings. The first-order valence-electron chi connectivity index (χ1n) is 22.9. The van der Waals surface area contributed by atoms with Gasteiger partial charge in [0.05, 0.1) is 35.1 Å². The standard InChI is InChI=1S/C51H53N3O14/c1-21(2)32-28-19-24-17-26-22(13-15-30(55)35(26)41(58)33(24)44(61)50(28,67)46(63)37(40(32)57)48(52)65)11-9-7-5-6-8-10-12-23-14-16-31(56)36-27(23)18-25-20-29-39(54(3)4)43(60)38(49(53)66)47(64)51(29,68)45(62)34(25)42(36)59/h13-16,21,24-25,28-29,32-34,37-40,55-57,67-68H,5-8,17-20H2,1-4H3,(H2,52,65)(H2,53,66)/t24-,25-,28-,29-,32-,33?,34?,37?,38?,39-,40?,50-,51-/m1/s1. The fraction of sp³-hybridized carbons (Fsp3) is 0.510. The van der Waals surface area contributed by atoms with Crippen LogP contribution in [0, 0.1) is 82.9 Å². The summed E-state index contributed by atoms with van der Waals surface area (Å²) < 4.78 is 0. The number of hydrogen-bond acceptors (Lipinski definition) is 15. The number of primary amides is 2. The van der Waals surface area contributed by atoms with Gasteiger partial charge >= 0.3 is 0 Å². The molecular weight excluding hydrogens is 879 g/mol. The van der Waals surface area contributed by atoms with Gasteiger partial charge in [0, 0.05) is 35.8 Å². The highest BCUT2D eigenvalue weighted by Crippen LogP contribution is 2.55. The third-order valence-electron chi connectivity index (χ3n) is 15.7. The zero-order valence-corrected chi connectivity index (χ0v) is 37.9. The van der Waals surface area contributed by atoms with Gasteiger partial charge < -0.3 is 37.0 Å². The molecule has 6 aliphatic carbocycles. The van der Waals surface area contributed by atoms with Crippen molar-refractivity contribution in [2.45, 2.75) is 88.6 Å². The van der Waals surface area contributed by atoms with Gasteiger partial charge in [-0.1, -0.05) is 37.5 Å². The van der Waals surface area contributed by atoms with Gasteiger partial charge in [0.25, 0.3) is 0 Å². The molecule has 17 nitrogen and oxygen atoms in total. The first-order chi connectivity index (χ1) is 32.0. The molecular formula is C51H53N3O14. The Kier molecular flexibility index (Phi) is 12.2. The molecule has 356 valence electrons. The Hall–Kier alpha value is -6.37. The number of phenols is 2. The number of unbranched alkanes of at least 4 members (excludes halogenated alkanes) is 3. The number of carbonyl (C=O) groups excluding carboxylic acids is 9. The van der Waals surface area contributed by atoms with Crippen molar-refractivity contribution in [3.05, 3.63) is 57.6 Å². The summed E-state index contributed by atoms with van der Waals surface area (Å²) in [6.07, 6.45) is 0.591. The number of aliphatic hydroxyl groups is 3. The molecule has 4 saturated carbocycles. The number of phenolic OH excluding ortho intramolecular Hbond substituents is 2. The first kappa shape index (κ1) is 48.1. The zero-order valence-electron chi connectivity index (χ0n) is 37.9. The average Bonchev–Trinajstić information content (AvgIpc) is 3.25. The van der Waals surface area contributed by atoms with E-state index in [0.717, 1.165) is 0 Å². The van der Waals surface area contributed by atoms with E-state index in [1.165, 1.54) is 31.1 Å². The number of carbonyl (C=O) groups is 9. The molecule has 0 heterocycles. The number of nitrogens with two attached hydrogens (primary N) is 2. The number of likely N-dealkylation sites (N-methyl/N-ethyl adjacent to an activating group) is 1. The molecule has 8 rings (SSSR count). The molecule has 2 aromatic carbocycles. The lowest BCUT2D eigenvalue weighted by atomic mass is 9.49. The number of aliphatic hydroxyl groups excluding tert-OH is 1. The van der Waals surface area contributed by atoms with Crippen LogP contribution in [0.1, 0.15) is 95.3 Å². The number of benzene rings is 2. The summed E-state index contributed by atoms with van der Waals surface area (Å²) in [5.74, 6) is -9.98. The number of nitrogens with zero attached hydrogens (tertiary/aromatic N) is 1. The maximum absolute atomic E-state index is 14.1. The van der Waals surface area contributed by atoms with Gasteiger partial charge in [-0.2, -0.15) is 0 Å². The molecule has 17 heteroatoms. The number of fused-ring (bicyclic) bond motifs is 6. The van der Waals surface area contributed by atoms with Crippen LogP contribution in [-0.2, 0) is 46.4 Å². The second-order valence-corrected chi connectivity index (χ2v) is 19.9. The van der Waals surface area contributed by atoms with E-state index in [4.69, 9.17) is 11.5 Å². The van der Waals surface area contributed by atoms with E-state index in [1.54, 1.807) is 26.0 Å². The van der Waals surface area contributed by atoms with Crippen LogP contribution in [0.5, 0.6) is 11.5 Å². The lowest BCUT2D eigenvalue weighted by molar-refractivity contribution is -0.193. The Morgan fingerprint density at radius 2 is 1.16 bits per heavy atom. The molecule has 0 radical (unpaired) electrons. The number of ketones is 7. The van der Waals surface area contributed by atoms with Gasteiger partial charge in [0.15, 0.2) is 57.6 Å². The Labute approximate surface area is 391 Å². The monoisotopic (exact) mass is 931 g/mol. The summed E-state index contributed by atoms with van der Waals surface area (Å²) in [5, 5.41) is 56.6. The number of rotatable bonds is 7. The topological polar surface area (TPSA) is 310 Å². The highest BCUT2D eigenvalue weighted by atomic mass is 16.3. The molecule has 5 unspecified atom stereocenters. The van der Waals surface area contributed by atoms with Crippen LogP contribution in [0.3, 0.4) is 0 Å². The van der Waals surface area contributed by atoms with Crippen molar-refractivity contribution in [2.24, 2.45) is 70.6 Å². The minimum atomic E-state index is -2.82. The van der Waals surface area contributed by atoms with Crippen LogP contribution < -0.4 is 11.5 Å². The van der Waals surface area contributed by atoms with Crippen LogP contribution in [-0.4, -0.2) is 120 Å². The fourth-order valence-electron chi connectivity index (χ4n) is 12.7. The molecule has 0 spiro atoms. The van der Waals surface area contributed by atoms with Gasteiger partial charge in [0.1, 0.15) is 17.4 Å². The summed E-state index contributed by atoms with van der Waals surface area (Å²) in [7, 11) is 3.03. The molecule has 9 N–H and O–H groups in total. The Balaban J connectivity index is 0.960. The lowest BCUT2D eigenvalue weighted by Gasteiger charge is -2.54. The second-order valence-electron chi connectivity index (χ2n) is 19.9. The summed E-state index contributed by atoms with van der Waals surface area (Å²) >= 11 is 0. The highest BCUT2D eigenvalue weighted by Gasteiger charge is 2.71. The van der Waals surface area contributed by atoms with Crippen molar-refractivity contribution < 1.29 is 68.7 Å². The molecule has 0 saturated heterocycles. The van der Waals surface area contributed by atoms with E-state index in [9.17, 15) is 68.7 Å². The Morgan fingerprint density at radius 3 is 1.59 bits per heavy atom. The van der Waals surface area contributed by atoms with E-state index in [2.05, 4.69) is 23.7 Å². The maximum Gasteiger partial charge on any atom is 0.235 e. The Morgan fingerprint density at radius 1 is 0.706 bits per heavy atom. The molecule has 13 atom stereocenters. The fourth-order valence-corrected chi connectivity index (χ4v) is 12.7. The number of aromatic hydroxyl groups is 2. The molecule has 2 amide bonds. The summed E-state index contributed by atoms with van der Waals surface area (Å²) in [6.45, 7) is 3.47. The predicted octanol–water partition coefficient (Wildman–Crippen LogP) is 0.145. The molecule has 6 aliphatic rings. The minimum absolute atomic E-state index is 0.00910. The van der Waals surface area contributed by atoms with E-state index in [1.807, 2.05) is 0 Å². The SMILES string of the molecule is CC(C)[C@H]1C(O)C(C(N)=O)C(=O)[C@]2(O)C(=O)C3C(=O)c4c(O)ccc(C#CCCCCC#Cc5ccc(O)c6c5C[C@@H]5C[C@@H]7[C@@H](N(C)C)C(=O)C(C(N)=O)C(=O)[C@]7(O)C(=O)C5C6=O)c4C[C@@H]3C[C@H]12. The summed E-state index contributed by atoms with van der Waals surface area (Å²) in [6, 6.07) is 4.49. The quantitative estimate of drug-likeness (QED) is 0.110. The first-order valence-corrected chi connectivity index (χ1v) is 22.9. The van der Waals surface area contributed by atoms with Crippen molar-refractivity contribution >= 4 is 52.3 Å². The highest BCUT2D eigenvalue weighted by molar-refractivity contribution is 6.32. The summed E-state index contributed by atoms with van der Waals surface area (Å²) in [4.78, 5) is 123. The second kappa shape index (κ2) is 17.3. The minimum Gasteiger partial charge on any atom is -0.507 e. The summed E-state index contributed by atoms with van der Waals surface area (Å²) in [5.41, 5.74) is 6.76. The van der Waals surface area contributed by atoms with Gasteiger partial charge in [-0.3, -0.25) is 48.1 Å². The lowest BCUT2D eigenvalue weighted by Crippen LogP contribution is -2.74. The van der Waals surface area contributed by atoms with Gasteiger partial charge in [-0.15, -0.1) is 0 Å². The zero-order chi connectivity index (χ0) is 49.6. The molecule has 0 aliphatic heterocycles. The number of amides is 2. The van der Waals surface area contributed by atoms with E-state index in [0.29, 0.717) is 47.9 Å². The van der Waals surface area contributed by atoms with Crippen LogP contribution >= 0.6 is 0 Å². The van der Waals surface area contributed by atoms with Crippen LogP contribution in [0.25, 0.3) is 0 Å². The van der Waals surface area contributed by atoms with Crippen molar-refractivity contribution in [2.75, 3.05) is 14.1 Å². The predicted molar refractivity (Wildman–Crippen MR) is 237 cm³/mol. The molecule has 0 aromatic heterocycles. The van der Waals surface area contributed by atoms with Crippen molar-refractivity contribution in [3.63, 3.8) is 0 Å². The Bertz CT molecular complexity index is 2770. The third kappa shape index (κ3) is 7.04. The van der Waals surface area contributed by atoms with Crippen molar-refractivity contribution in [1.82, 2.24) is 4.90 Å². The molecule has 0 bridgehead atoms. The van der Waals surface area contributed by atoms with E-state index >= 15 is 0 Å². The van der Waals surface area contributed by atoms with Gasteiger partial charge in [0.2, 0.25) is 11.8 Å². The molecule has 4 fully saturated rings. The van der Waals surface area contributed by atoms with Crippen LogP contribution in [0.15, 0.2) is 24.3 Å².